The Morgan fingerprint density at radius 1 is 0.750 bits per heavy atom. The summed E-state index contributed by atoms with van der Waals surface area (Å²) in [4.78, 5) is 38.2. The molecule has 2 aromatic rings. The Morgan fingerprint density at radius 3 is 1.79 bits per heavy atom. The minimum absolute atomic E-state index is 0.286. The molecule has 5 heteroatoms. The average molecular weight is 322 g/mol. The van der Waals surface area contributed by atoms with E-state index in [-0.39, 0.29) is 6.42 Å². The molecule has 0 unspecified atom stereocenters. The molecule has 0 aromatic heterocycles. The quantitative estimate of drug-likeness (QED) is 0.816. The smallest absolute Gasteiger partial charge is 0.273 e. The average Bonchev–Trinajstić information content (AvgIpc) is 2.63. The van der Waals surface area contributed by atoms with Crippen LogP contribution in [0.4, 0.5) is 4.79 Å². The van der Waals surface area contributed by atoms with E-state index in [4.69, 9.17) is 0 Å². The Morgan fingerprint density at radius 2 is 1.25 bits per heavy atom. The number of amides is 4. The van der Waals surface area contributed by atoms with E-state index >= 15 is 0 Å². The lowest BCUT2D eigenvalue weighted by atomic mass is 9.94. The third kappa shape index (κ3) is 2.80. The summed E-state index contributed by atoms with van der Waals surface area (Å²) in [6.07, 6.45) is 0.286. The lowest BCUT2D eigenvalue weighted by molar-refractivity contribution is -0.147. The fraction of sp³-hybridized carbons (Fsp3) is 0.211. The van der Waals surface area contributed by atoms with Crippen LogP contribution in [-0.4, -0.2) is 41.7 Å². The highest BCUT2D eigenvalue weighted by Gasteiger charge is 2.42. The van der Waals surface area contributed by atoms with Crippen molar-refractivity contribution < 1.29 is 14.4 Å². The number of carbonyl (C=O) groups excluding carboxylic acids is 3. The van der Waals surface area contributed by atoms with Crippen molar-refractivity contribution >= 4 is 17.8 Å². The van der Waals surface area contributed by atoms with Gasteiger partial charge in [-0.1, -0.05) is 54.6 Å². The molecule has 0 spiro atoms. The molecule has 1 fully saturated rings. The lowest BCUT2D eigenvalue weighted by Gasteiger charge is -2.32. The molecule has 122 valence electrons. The fourth-order valence-electron chi connectivity index (χ4n) is 2.86. The third-order valence-corrected chi connectivity index (χ3v) is 4.33. The van der Waals surface area contributed by atoms with Gasteiger partial charge in [0.05, 0.1) is 0 Å². The molecule has 24 heavy (non-hydrogen) atoms. The minimum Gasteiger partial charge on any atom is -0.273 e. The molecule has 1 saturated heterocycles. The molecule has 0 atom stereocenters. The number of hydrogen-bond donors (Lipinski definition) is 0. The maximum Gasteiger partial charge on any atom is 0.332 e. The number of rotatable bonds is 3. The zero-order valence-electron chi connectivity index (χ0n) is 13.6. The highest BCUT2D eigenvalue weighted by atomic mass is 16.2. The van der Waals surface area contributed by atoms with Crippen LogP contribution in [0.15, 0.2) is 54.6 Å². The lowest BCUT2D eigenvalue weighted by Crippen LogP contribution is -2.57. The zero-order chi connectivity index (χ0) is 17.3. The molecule has 0 aliphatic carbocycles. The number of nitrogens with zero attached hydrogens (tertiary/aromatic N) is 2. The molecule has 3 rings (SSSR count). The van der Waals surface area contributed by atoms with Crippen molar-refractivity contribution in [2.75, 3.05) is 14.1 Å². The van der Waals surface area contributed by atoms with Crippen molar-refractivity contribution in [2.45, 2.75) is 6.42 Å². The fourth-order valence-corrected chi connectivity index (χ4v) is 2.86. The molecule has 4 amide bonds. The summed E-state index contributed by atoms with van der Waals surface area (Å²) >= 11 is 0. The number of hydrogen-bond acceptors (Lipinski definition) is 3. The van der Waals surface area contributed by atoms with Crippen LogP contribution in [0.3, 0.4) is 0 Å². The Kier molecular flexibility index (Phi) is 4.16. The van der Waals surface area contributed by atoms with E-state index in [1.165, 1.54) is 14.1 Å². The van der Waals surface area contributed by atoms with Gasteiger partial charge in [-0.25, -0.2) is 4.79 Å². The van der Waals surface area contributed by atoms with Gasteiger partial charge in [-0.3, -0.25) is 19.4 Å². The van der Waals surface area contributed by atoms with Gasteiger partial charge in [-0.2, -0.15) is 0 Å². The summed E-state index contributed by atoms with van der Waals surface area (Å²) in [6, 6.07) is 17.2. The first-order chi connectivity index (χ1) is 11.5. The number of barbiturate groups is 1. The van der Waals surface area contributed by atoms with E-state index in [1.54, 1.807) is 0 Å². The van der Waals surface area contributed by atoms with Gasteiger partial charge in [-0.15, -0.1) is 0 Å². The van der Waals surface area contributed by atoms with Crippen LogP contribution in [0.2, 0.25) is 0 Å². The SMILES string of the molecule is CN1C(=O)C(Cc2ccc(-c3ccccc3)cc2)C(=O)N(C)C1=O. The first kappa shape index (κ1) is 15.9. The maximum atomic E-state index is 12.2. The molecule has 1 heterocycles. The molecular formula is C19H18N2O3. The predicted molar refractivity (Wildman–Crippen MR) is 90.0 cm³/mol. The monoisotopic (exact) mass is 322 g/mol. The summed E-state index contributed by atoms with van der Waals surface area (Å²) in [5, 5.41) is 0. The summed E-state index contributed by atoms with van der Waals surface area (Å²) in [5.41, 5.74) is 3.07. The number of benzene rings is 2. The van der Waals surface area contributed by atoms with E-state index in [9.17, 15) is 14.4 Å². The molecule has 1 aliphatic heterocycles. The van der Waals surface area contributed by atoms with Gasteiger partial charge in [0.15, 0.2) is 0 Å². The van der Waals surface area contributed by atoms with Crippen LogP contribution < -0.4 is 0 Å². The van der Waals surface area contributed by atoms with Crippen LogP contribution in [0.5, 0.6) is 0 Å². The van der Waals surface area contributed by atoms with Gasteiger partial charge >= 0.3 is 6.03 Å². The van der Waals surface area contributed by atoms with Crippen molar-refractivity contribution in [3.05, 3.63) is 60.2 Å². The summed E-state index contributed by atoms with van der Waals surface area (Å²) in [5.74, 6) is -1.74. The summed E-state index contributed by atoms with van der Waals surface area (Å²) in [6.45, 7) is 0. The number of imide groups is 2. The second kappa shape index (κ2) is 6.28. The van der Waals surface area contributed by atoms with Crippen LogP contribution in [0.1, 0.15) is 5.56 Å². The van der Waals surface area contributed by atoms with Crippen LogP contribution in [0.25, 0.3) is 11.1 Å². The largest absolute Gasteiger partial charge is 0.332 e. The van der Waals surface area contributed by atoms with Crippen molar-refractivity contribution in [1.82, 2.24) is 9.80 Å². The van der Waals surface area contributed by atoms with E-state index in [0.717, 1.165) is 26.5 Å². The second-order valence-electron chi connectivity index (χ2n) is 5.90. The van der Waals surface area contributed by atoms with Crippen LogP contribution in [0, 0.1) is 5.92 Å². The van der Waals surface area contributed by atoms with Crippen molar-refractivity contribution in [2.24, 2.45) is 5.92 Å². The standard InChI is InChI=1S/C19H18N2O3/c1-20-17(22)16(18(23)21(2)19(20)24)12-13-8-10-15(11-9-13)14-6-4-3-5-7-14/h3-11,16H,12H2,1-2H3. The Labute approximate surface area is 140 Å². The van der Waals surface area contributed by atoms with E-state index in [1.807, 2.05) is 54.6 Å². The molecule has 0 saturated carbocycles. The summed E-state index contributed by atoms with van der Waals surface area (Å²) in [7, 11) is 2.80. The highest BCUT2D eigenvalue weighted by molar-refractivity contribution is 6.15. The molecule has 2 aromatic carbocycles. The Balaban J connectivity index is 1.80. The molecule has 0 bridgehead atoms. The van der Waals surface area contributed by atoms with Gasteiger partial charge in [0.1, 0.15) is 5.92 Å². The van der Waals surface area contributed by atoms with E-state index in [0.29, 0.717) is 0 Å². The molecule has 0 N–H and O–H groups in total. The van der Waals surface area contributed by atoms with Crippen molar-refractivity contribution in [1.29, 1.82) is 0 Å². The first-order valence-corrected chi connectivity index (χ1v) is 7.72. The molecular weight excluding hydrogens is 304 g/mol. The van der Waals surface area contributed by atoms with Crippen molar-refractivity contribution in [3.63, 3.8) is 0 Å². The van der Waals surface area contributed by atoms with Gasteiger partial charge in [0.2, 0.25) is 11.8 Å². The Hall–Kier alpha value is -2.95. The normalized spacial score (nSPS) is 16.0. The van der Waals surface area contributed by atoms with Gasteiger partial charge in [0, 0.05) is 14.1 Å². The molecule has 0 radical (unpaired) electrons. The Bertz CT molecular complexity index is 760. The first-order valence-electron chi connectivity index (χ1n) is 7.72. The van der Waals surface area contributed by atoms with Crippen LogP contribution >= 0.6 is 0 Å². The predicted octanol–water partition coefficient (Wildman–Crippen LogP) is 2.56. The van der Waals surface area contributed by atoms with E-state index < -0.39 is 23.8 Å². The van der Waals surface area contributed by atoms with Crippen molar-refractivity contribution in [3.8, 4) is 11.1 Å². The van der Waals surface area contributed by atoms with E-state index in [2.05, 4.69) is 0 Å². The second-order valence-corrected chi connectivity index (χ2v) is 5.90. The maximum absolute atomic E-state index is 12.2. The van der Waals surface area contributed by atoms with Crippen LogP contribution in [-0.2, 0) is 16.0 Å². The minimum atomic E-state index is -0.847. The number of carbonyl (C=O) groups is 3. The van der Waals surface area contributed by atoms with Gasteiger partial charge < -0.3 is 0 Å². The topological polar surface area (TPSA) is 57.7 Å². The van der Waals surface area contributed by atoms with Gasteiger partial charge in [0.25, 0.3) is 0 Å². The highest BCUT2D eigenvalue weighted by Crippen LogP contribution is 2.23. The zero-order valence-corrected chi connectivity index (χ0v) is 13.6. The number of urea groups is 1. The van der Waals surface area contributed by atoms with Gasteiger partial charge in [-0.05, 0) is 23.1 Å². The molecule has 5 nitrogen and oxygen atoms in total. The third-order valence-electron chi connectivity index (χ3n) is 4.33. The molecule has 1 aliphatic rings. The summed E-state index contributed by atoms with van der Waals surface area (Å²) < 4.78 is 0.